The quantitative estimate of drug-likeness (QED) is 0.0220. The van der Waals surface area contributed by atoms with Crippen LogP contribution in [0.3, 0.4) is 0 Å². The monoisotopic (exact) mass is 1370 g/mol. The SMILES string of the molecule is C[C@@H]1CCCN([C@H]2Cc3c(Cl)cc(Cl)cc3[C@@H]2Oc2ccc(S(=O)(=O)NC(C)(C)COCCOCCNC(=O)NCCCCNC(=O)NCCOCCOCC(C)(C)NS(=O)(=O)c3ccc(O[C@H]4c5cc(Cl)cc(Cl)c5C[C@@H]4N4CCC[C@@H](N)C4)cc3)cc2)C1. The number of carbonyl (C=O) groups is 2. The Morgan fingerprint density at radius 1 is 0.556 bits per heavy atom. The first-order valence-electron chi connectivity index (χ1n) is 31.0. The zero-order chi connectivity index (χ0) is 64.6. The van der Waals surface area contributed by atoms with Crippen molar-refractivity contribution in [2.75, 3.05) is 105 Å². The van der Waals surface area contributed by atoms with Gasteiger partial charge in [-0.3, -0.25) is 9.80 Å². The highest BCUT2D eigenvalue weighted by molar-refractivity contribution is 7.89. The fourth-order valence-electron chi connectivity index (χ4n) is 12.0. The summed E-state index contributed by atoms with van der Waals surface area (Å²) in [6, 6.07) is 19.6. The van der Waals surface area contributed by atoms with Gasteiger partial charge in [0, 0.05) is 76.5 Å². The number of hydrogen-bond donors (Lipinski definition) is 7. The second-order valence-electron chi connectivity index (χ2n) is 25.0. The Morgan fingerprint density at radius 2 is 0.956 bits per heavy atom. The minimum Gasteiger partial charge on any atom is -0.484 e. The molecular weight excluding hydrogens is 1280 g/mol. The Bertz CT molecular complexity index is 3030. The second-order valence-corrected chi connectivity index (χ2v) is 30.0. The molecule has 4 amide bonds. The molecule has 0 aromatic heterocycles. The molecule has 0 unspecified atom stereocenters. The average molecular weight is 1370 g/mol. The molecule has 2 fully saturated rings. The van der Waals surface area contributed by atoms with Gasteiger partial charge >= 0.3 is 12.1 Å². The Labute approximate surface area is 551 Å². The van der Waals surface area contributed by atoms with Crippen molar-refractivity contribution in [2.45, 2.75) is 137 Å². The summed E-state index contributed by atoms with van der Waals surface area (Å²) in [5, 5.41) is 13.3. The molecule has 90 heavy (non-hydrogen) atoms. The number of halogens is 4. The Hall–Kier alpha value is -4.28. The Balaban J connectivity index is 0.608. The largest absolute Gasteiger partial charge is 0.484 e. The number of rotatable bonds is 33. The van der Waals surface area contributed by atoms with Crippen molar-refractivity contribution in [3.63, 3.8) is 0 Å². The number of likely N-dealkylation sites (tertiary alicyclic amines) is 2. The first kappa shape index (κ1) is 71.6. The van der Waals surface area contributed by atoms with Gasteiger partial charge < -0.3 is 55.4 Å². The van der Waals surface area contributed by atoms with Crippen LogP contribution in [0.2, 0.25) is 20.1 Å². The maximum Gasteiger partial charge on any atom is 0.314 e. The van der Waals surface area contributed by atoms with Crippen molar-refractivity contribution in [1.29, 1.82) is 0 Å². The van der Waals surface area contributed by atoms with E-state index in [1.54, 1.807) is 64.1 Å². The highest BCUT2D eigenvalue weighted by Gasteiger charge is 2.43. The first-order chi connectivity index (χ1) is 42.8. The maximum absolute atomic E-state index is 13.5. The van der Waals surface area contributed by atoms with Crippen molar-refractivity contribution in [1.82, 2.24) is 40.5 Å². The lowest BCUT2D eigenvalue weighted by Gasteiger charge is -2.38. The molecule has 4 aromatic rings. The molecule has 0 saturated carbocycles. The van der Waals surface area contributed by atoms with E-state index >= 15 is 0 Å². The number of amides is 4. The number of nitrogens with zero attached hydrogens (tertiary/aromatic N) is 2. The van der Waals surface area contributed by atoms with Gasteiger partial charge in [-0.15, -0.1) is 0 Å². The number of urea groups is 2. The van der Waals surface area contributed by atoms with Crippen LogP contribution < -0.4 is 45.9 Å². The molecule has 8 rings (SSSR count). The Kier molecular flexibility index (Phi) is 26.4. The fraction of sp³-hybridized carbons (Fsp3) is 0.587. The molecule has 21 nitrogen and oxygen atoms in total. The predicted octanol–water partition coefficient (Wildman–Crippen LogP) is 8.80. The standard InChI is InChI=1S/C63H89Cl4N9O12S2/c1-42-10-8-24-75(38-42)56-36-50-52(32-43(64)34-54(50)66)58(56)87-46-12-16-48(17-13-46)89(79,80)73-62(2,3)40-85-30-28-83-26-22-71-60(77)69-20-6-7-21-70-61(78)72-23-27-84-29-31-86-41-63(4,5)74-90(81,82)49-18-14-47(15-19-49)88-59-53-33-44(65)35-55(67)51(53)37-57(59)76-25-9-11-45(68)39-76/h12-19,32-35,42,45,56-59,73-74H,6-11,20-31,36-41,68H2,1-5H3,(H2,69,71,77)(H2,70,72,78)/t42-,45-,56+,57+,58+,59+/m1/s1. The number of sulfonamides is 2. The predicted molar refractivity (Wildman–Crippen MR) is 350 cm³/mol. The fourth-order valence-corrected chi connectivity index (χ4v) is 15.9. The van der Waals surface area contributed by atoms with Crippen LogP contribution in [-0.2, 0) is 51.8 Å². The maximum atomic E-state index is 13.5. The molecule has 4 aromatic carbocycles. The molecule has 6 atom stereocenters. The van der Waals surface area contributed by atoms with Crippen LogP contribution in [0.1, 0.15) is 108 Å². The van der Waals surface area contributed by atoms with E-state index in [1.807, 2.05) is 12.1 Å². The van der Waals surface area contributed by atoms with Gasteiger partial charge in [-0.1, -0.05) is 53.3 Å². The second kappa shape index (κ2) is 33.2. The smallest absolute Gasteiger partial charge is 0.314 e. The molecule has 27 heteroatoms. The van der Waals surface area contributed by atoms with E-state index in [0.717, 1.165) is 74.1 Å². The van der Waals surface area contributed by atoms with Gasteiger partial charge in [0.05, 0.1) is 85.8 Å². The lowest BCUT2D eigenvalue weighted by atomic mass is 9.97. The van der Waals surface area contributed by atoms with Gasteiger partial charge in [0.15, 0.2) is 0 Å². The highest BCUT2D eigenvalue weighted by atomic mass is 35.5. The van der Waals surface area contributed by atoms with Gasteiger partial charge in [0.25, 0.3) is 0 Å². The van der Waals surface area contributed by atoms with E-state index in [0.29, 0.717) is 69.9 Å². The number of piperidine rings is 2. The number of nitrogens with two attached hydrogens (primary N) is 1. The van der Waals surface area contributed by atoms with E-state index in [9.17, 15) is 26.4 Å². The summed E-state index contributed by atoms with van der Waals surface area (Å²) in [4.78, 5) is 29.5. The zero-order valence-corrected chi connectivity index (χ0v) is 56.7. The number of nitrogens with one attached hydrogen (secondary N) is 6. The Morgan fingerprint density at radius 3 is 1.38 bits per heavy atom. The van der Waals surface area contributed by atoms with Crippen molar-refractivity contribution >= 4 is 78.5 Å². The summed E-state index contributed by atoms with van der Waals surface area (Å²) in [6.45, 7) is 15.7. The minimum atomic E-state index is -3.92. The number of unbranched alkanes of at least 4 members (excludes halogenated alkanes) is 1. The molecule has 2 heterocycles. The van der Waals surface area contributed by atoms with Crippen LogP contribution in [0.5, 0.6) is 11.5 Å². The van der Waals surface area contributed by atoms with Crippen LogP contribution in [-0.4, -0.2) is 173 Å². The van der Waals surface area contributed by atoms with Crippen molar-refractivity contribution in [2.24, 2.45) is 11.7 Å². The molecule has 2 aliphatic heterocycles. The van der Waals surface area contributed by atoms with E-state index in [4.69, 9.17) is 80.6 Å². The zero-order valence-electron chi connectivity index (χ0n) is 52.1. The van der Waals surface area contributed by atoms with E-state index in [-0.39, 0.29) is 118 Å². The molecule has 0 radical (unpaired) electrons. The number of ether oxygens (including phenoxy) is 6. The number of fused-ring (bicyclic) bond motifs is 2. The van der Waals surface area contributed by atoms with Crippen molar-refractivity contribution < 1.29 is 54.8 Å². The first-order valence-corrected chi connectivity index (χ1v) is 35.5. The summed E-state index contributed by atoms with van der Waals surface area (Å²) in [5.74, 6) is 1.63. The van der Waals surface area contributed by atoms with Crippen LogP contribution in [0.25, 0.3) is 0 Å². The molecule has 4 aliphatic rings. The third-order valence-corrected chi connectivity index (χ3v) is 20.7. The highest BCUT2D eigenvalue weighted by Crippen LogP contribution is 2.45. The lowest BCUT2D eigenvalue weighted by Crippen LogP contribution is -2.49. The van der Waals surface area contributed by atoms with E-state index in [2.05, 4.69) is 47.4 Å². The summed E-state index contributed by atoms with van der Waals surface area (Å²) in [5.41, 5.74) is 8.39. The van der Waals surface area contributed by atoms with Gasteiger partial charge in [0.2, 0.25) is 20.0 Å². The van der Waals surface area contributed by atoms with Crippen LogP contribution in [0.15, 0.2) is 82.6 Å². The number of carbonyl (C=O) groups excluding carboxylic acids is 2. The van der Waals surface area contributed by atoms with E-state index < -0.39 is 31.1 Å². The average Bonchev–Trinajstić information content (AvgIpc) is 1.63. The van der Waals surface area contributed by atoms with Gasteiger partial charge in [-0.05, 0) is 182 Å². The molecule has 0 bridgehead atoms. The molecule has 8 N–H and O–H groups in total. The van der Waals surface area contributed by atoms with Gasteiger partial charge in [0.1, 0.15) is 23.7 Å². The number of benzene rings is 4. The number of hydrogen-bond acceptors (Lipinski definition) is 15. The van der Waals surface area contributed by atoms with Crippen LogP contribution in [0, 0.1) is 5.92 Å². The molecule has 2 saturated heterocycles. The van der Waals surface area contributed by atoms with Gasteiger partial charge in [-0.2, -0.15) is 0 Å². The summed E-state index contributed by atoms with van der Waals surface area (Å²) >= 11 is 26.2. The van der Waals surface area contributed by atoms with Crippen molar-refractivity contribution in [3.8, 4) is 11.5 Å². The van der Waals surface area contributed by atoms with Crippen LogP contribution >= 0.6 is 46.4 Å². The summed E-state index contributed by atoms with van der Waals surface area (Å²) in [7, 11) is -7.83. The van der Waals surface area contributed by atoms with Crippen LogP contribution in [0.4, 0.5) is 9.59 Å². The third kappa shape index (κ3) is 21.1. The molecular formula is C63H89Cl4N9O12S2. The topological polar surface area (TPSA) is 262 Å². The summed E-state index contributed by atoms with van der Waals surface area (Å²) < 4.78 is 95.3. The molecule has 2 aliphatic carbocycles. The summed E-state index contributed by atoms with van der Waals surface area (Å²) in [6.07, 6.45) is 6.31. The normalized spacial score (nSPS) is 20.7. The lowest BCUT2D eigenvalue weighted by molar-refractivity contribution is 0.0313. The van der Waals surface area contributed by atoms with E-state index in [1.165, 1.54) is 30.7 Å². The molecule has 0 spiro atoms. The molecule has 498 valence electrons. The van der Waals surface area contributed by atoms with Gasteiger partial charge in [-0.25, -0.2) is 35.9 Å². The third-order valence-electron chi connectivity index (χ3n) is 16.2. The van der Waals surface area contributed by atoms with Crippen molar-refractivity contribution in [3.05, 3.63) is 115 Å². The minimum absolute atomic E-state index is 0.00403.